The fourth-order valence-corrected chi connectivity index (χ4v) is 4.15. The van der Waals surface area contributed by atoms with E-state index < -0.39 is 35.9 Å². The zero-order valence-electron chi connectivity index (χ0n) is 17.3. The molecule has 31 heavy (non-hydrogen) atoms. The lowest BCUT2D eigenvalue weighted by atomic mass is 9.91. The van der Waals surface area contributed by atoms with Crippen molar-refractivity contribution >= 4 is 23.5 Å². The minimum atomic E-state index is -1.14. The number of nitrogens with zero attached hydrogens (tertiary/aromatic N) is 1. The Kier molecular flexibility index (Phi) is 5.97. The smallest absolute Gasteiger partial charge is 0.356 e. The van der Waals surface area contributed by atoms with Crippen LogP contribution in [-0.4, -0.2) is 41.0 Å². The number of ether oxygens (including phenoxy) is 2. The molecule has 4 rings (SSSR count). The highest BCUT2D eigenvalue weighted by Gasteiger charge is 2.40. The van der Waals surface area contributed by atoms with Gasteiger partial charge in [0, 0.05) is 24.1 Å². The number of anilines is 1. The van der Waals surface area contributed by atoms with Gasteiger partial charge in [0.05, 0.1) is 5.69 Å². The summed E-state index contributed by atoms with van der Waals surface area (Å²) < 4.78 is 11.4. The van der Waals surface area contributed by atoms with E-state index in [-0.39, 0.29) is 6.42 Å². The summed E-state index contributed by atoms with van der Waals surface area (Å²) in [5, 5.41) is 14.9. The predicted octanol–water partition coefficient (Wildman–Crippen LogP) is 1.87. The van der Waals surface area contributed by atoms with Gasteiger partial charge >= 0.3 is 17.8 Å². The van der Waals surface area contributed by atoms with E-state index in [1.54, 1.807) is 18.2 Å². The number of hydroxylamine groups is 1. The van der Waals surface area contributed by atoms with Gasteiger partial charge in [-0.2, -0.15) is 0 Å². The van der Waals surface area contributed by atoms with Crippen LogP contribution in [0.1, 0.15) is 51.0 Å². The van der Waals surface area contributed by atoms with Crippen LogP contribution in [0.5, 0.6) is 5.75 Å². The van der Waals surface area contributed by atoms with Gasteiger partial charge < -0.3 is 19.4 Å². The summed E-state index contributed by atoms with van der Waals surface area (Å²) in [6.07, 6.45) is 5.22. The van der Waals surface area contributed by atoms with Crippen molar-refractivity contribution in [3.8, 4) is 5.75 Å². The number of carbonyl (C=O) groups is 3. The number of hydrogen-bond donors (Lipinski definition) is 2. The summed E-state index contributed by atoms with van der Waals surface area (Å²) in [6.45, 7) is 1.94. The van der Waals surface area contributed by atoms with E-state index in [1.807, 2.05) is 6.92 Å². The first-order chi connectivity index (χ1) is 14.9. The molecular formula is C22H26N2O7. The largest absolute Gasteiger partial charge is 0.475 e. The van der Waals surface area contributed by atoms with Crippen LogP contribution in [0.2, 0.25) is 0 Å². The van der Waals surface area contributed by atoms with Gasteiger partial charge in [0.15, 0.2) is 12.3 Å². The van der Waals surface area contributed by atoms with E-state index in [1.165, 1.54) is 0 Å². The van der Waals surface area contributed by atoms with Gasteiger partial charge in [0.25, 0.3) is 0 Å². The average molecular weight is 430 g/mol. The predicted molar refractivity (Wildman–Crippen MR) is 109 cm³/mol. The van der Waals surface area contributed by atoms with Crippen molar-refractivity contribution in [2.24, 2.45) is 0 Å². The van der Waals surface area contributed by atoms with Crippen molar-refractivity contribution in [1.29, 1.82) is 0 Å². The lowest BCUT2D eigenvalue weighted by molar-refractivity contribution is -0.156. The van der Waals surface area contributed by atoms with Crippen molar-refractivity contribution in [3.63, 3.8) is 0 Å². The summed E-state index contributed by atoms with van der Waals surface area (Å²) in [7, 11) is 0. The number of esters is 1. The molecule has 2 aliphatic heterocycles. The number of carbonyl (C=O) groups excluding carboxylic acids is 3. The number of benzene rings is 1. The molecule has 1 amide bonds. The molecule has 0 saturated heterocycles. The number of nitrogens with one attached hydrogen (secondary N) is 1. The van der Waals surface area contributed by atoms with Crippen molar-refractivity contribution in [1.82, 2.24) is 5.32 Å². The van der Waals surface area contributed by atoms with Crippen LogP contribution in [0.3, 0.4) is 0 Å². The standard InChI is InChI=1S/C22H26N2O7/c1-2-18(23-22(28)11-4-3-5-12-22)29-16-8-6-7-15-14(16)13-17-21(27)24(15)31-20(26)10-9-19(25)30-17/h6-10,17-18,23,28H,2-5,11-13H2,1H3/b10-9+. The van der Waals surface area contributed by atoms with Crippen molar-refractivity contribution in [2.75, 3.05) is 5.06 Å². The molecule has 9 nitrogen and oxygen atoms in total. The first kappa shape index (κ1) is 21.3. The quantitative estimate of drug-likeness (QED) is 0.538. The van der Waals surface area contributed by atoms with Crippen molar-refractivity contribution in [3.05, 3.63) is 35.9 Å². The Bertz CT molecular complexity index is 907. The van der Waals surface area contributed by atoms with Crippen LogP contribution >= 0.6 is 0 Å². The Morgan fingerprint density at radius 1 is 1.19 bits per heavy atom. The van der Waals surface area contributed by atoms with Crippen LogP contribution in [-0.2, 0) is 30.4 Å². The summed E-state index contributed by atoms with van der Waals surface area (Å²) in [5.41, 5.74) is -0.0523. The van der Waals surface area contributed by atoms with E-state index in [0.29, 0.717) is 36.3 Å². The highest BCUT2D eigenvalue weighted by molar-refractivity contribution is 6.03. The van der Waals surface area contributed by atoms with E-state index in [0.717, 1.165) is 36.5 Å². The first-order valence-corrected chi connectivity index (χ1v) is 10.6. The molecule has 1 aromatic carbocycles. The van der Waals surface area contributed by atoms with E-state index >= 15 is 0 Å². The first-order valence-electron chi connectivity index (χ1n) is 10.6. The van der Waals surface area contributed by atoms with Crippen molar-refractivity contribution < 1.29 is 33.8 Å². The molecule has 0 aromatic heterocycles. The SMILES string of the molecule is CCC(NC1(O)CCCCC1)Oc1cccc2c1CC1OC(=O)/C=C/C(=O)ON2C1=O. The summed E-state index contributed by atoms with van der Waals surface area (Å²) in [5.74, 6) is -1.85. The van der Waals surface area contributed by atoms with Gasteiger partial charge in [0.1, 0.15) is 11.5 Å². The number of hydrogen-bond acceptors (Lipinski definition) is 8. The Hall–Kier alpha value is -2.91. The summed E-state index contributed by atoms with van der Waals surface area (Å²) >= 11 is 0. The minimum absolute atomic E-state index is 0.0820. The average Bonchev–Trinajstić information content (AvgIpc) is 2.77. The highest BCUT2D eigenvalue weighted by Crippen LogP contribution is 2.37. The number of fused-ring (bicyclic) bond motifs is 4. The second-order valence-electron chi connectivity index (χ2n) is 8.01. The molecule has 2 heterocycles. The van der Waals surface area contributed by atoms with Gasteiger partial charge in [-0.15, -0.1) is 5.06 Å². The lowest BCUT2D eigenvalue weighted by Crippen LogP contribution is -2.53. The molecule has 0 spiro atoms. The van der Waals surface area contributed by atoms with Gasteiger partial charge in [-0.1, -0.05) is 19.4 Å². The Morgan fingerprint density at radius 2 is 1.94 bits per heavy atom. The van der Waals surface area contributed by atoms with E-state index in [9.17, 15) is 19.5 Å². The Labute approximate surface area is 179 Å². The van der Waals surface area contributed by atoms with E-state index in [4.69, 9.17) is 14.3 Å². The Balaban J connectivity index is 1.62. The van der Waals surface area contributed by atoms with Crippen LogP contribution < -0.4 is 15.1 Å². The van der Waals surface area contributed by atoms with E-state index in [2.05, 4.69) is 5.32 Å². The van der Waals surface area contributed by atoms with Crippen LogP contribution in [0.4, 0.5) is 5.69 Å². The van der Waals surface area contributed by atoms with Gasteiger partial charge in [-0.25, -0.2) is 9.59 Å². The molecule has 0 radical (unpaired) electrons. The topological polar surface area (TPSA) is 114 Å². The minimum Gasteiger partial charge on any atom is -0.475 e. The fourth-order valence-electron chi connectivity index (χ4n) is 4.15. The second-order valence-corrected chi connectivity index (χ2v) is 8.01. The monoisotopic (exact) mass is 430 g/mol. The molecule has 2 atom stereocenters. The van der Waals surface area contributed by atoms with Crippen LogP contribution in [0.25, 0.3) is 0 Å². The number of aliphatic hydroxyl groups is 1. The maximum Gasteiger partial charge on any atom is 0.356 e. The molecule has 1 saturated carbocycles. The van der Waals surface area contributed by atoms with Gasteiger partial charge in [-0.3, -0.25) is 10.1 Å². The number of amides is 1. The second kappa shape index (κ2) is 8.68. The maximum atomic E-state index is 12.7. The third-order valence-electron chi connectivity index (χ3n) is 5.74. The highest BCUT2D eigenvalue weighted by atomic mass is 16.7. The molecule has 1 aromatic rings. The Morgan fingerprint density at radius 3 is 2.68 bits per heavy atom. The molecule has 1 aliphatic carbocycles. The molecule has 166 valence electrons. The van der Waals surface area contributed by atoms with Crippen molar-refractivity contribution in [2.45, 2.75) is 69.9 Å². The zero-order valence-corrected chi connectivity index (χ0v) is 17.3. The molecule has 2 bridgehead atoms. The van der Waals surface area contributed by atoms with Gasteiger partial charge in [0.2, 0.25) is 0 Å². The molecule has 2 N–H and O–H groups in total. The number of rotatable bonds is 5. The molecule has 2 unspecified atom stereocenters. The summed E-state index contributed by atoms with van der Waals surface area (Å²) in [6, 6.07) is 5.06. The normalized spacial score (nSPS) is 24.6. The zero-order chi connectivity index (χ0) is 22.0. The molecule has 9 heteroatoms. The third kappa shape index (κ3) is 4.57. The van der Waals surface area contributed by atoms with Crippen LogP contribution in [0, 0.1) is 0 Å². The molecule has 3 aliphatic rings. The maximum absolute atomic E-state index is 12.7. The molecule has 1 fully saturated rings. The molecular weight excluding hydrogens is 404 g/mol. The lowest BCUT2D eigenvalue weighted by Gasteiger charge is -2.37. The fraction of sp³-hybridized carbons (Fsp3) is 0.500. The van der Waals surface area contributed by atoms with Gasteiger partial charge in [-0.05, 0) is 44.2 Å². The third-order valence-corrected chi connectivity index (χ3v) is 5.74. The summed E-state index contributed by atoms with van der Waals surface area (Å²) in [4.78, 5) is 41.8. The van der Waals surface area contributed by atoms with Crippen LogP contribution in [0.15, 0.2) is 30.4 Å².